The van der Waals surface area contributed by atoms with Crippen LogP contribution < -0.4 is 11.1 Å². The average molecular weight is 281 g/mol. The first-order chi connectivity index (χ1) is 9.06. The minimum atomic E-state index is -0.289. The zero-order valence-electron chi connectivity index (χ0n) is 10.4. The van der Waals surface area contributed by atoms with Gasteiger partial charge in [-0.15, -0.1) is 0 Å². The number of anilines is 1. The molecule has 3 N–H and O–H groups in total. The zero-order chi connectivity index (χ0) is 13.8. The number of amides is 1. The number of hydrogen-bond donors (Lipinski definition) is 2. The minimum absolute atomic E-state index is 0.151. The fraction of sp³-hybridized carbons (Fsp3) is 0.385. The Morgan fingerprint density at radius 1 is 1.42 bits per heavy atom. The number of nitrogens with zero attached hydrogens (tertiary/aromatic N) is 1. The Morgan fingerprint density at radius 3 is 2.74 bits per heavy atom. The lowest BCUT2D eigenvalue weighted by atomic mass is 9.98. The van der Waals surface area contributed by atoms with E-state index in [2.05, 4.69) is 5.32 Å². The smallest absolute Gasteiger partial charge is 0.222 e. The molecule has 1 heterocycles. The fourth-order valence-corrected chi connectivity index (χ4v) is 2.41. The summed E-state index contributed by atoms with van der Waals surface area (Å²) >= 11 is 5.30. The Hall–Kier alpha value is -1.69. The van der Waals surface area contributed by atoms with Gasteiger partial charge in [-0.3, -0.25) is 4.79 Å². The molecule has 0 bridgehead atoms. The highest BCUT2D eigenvalue weighted by atomic mass is 32.1. The number of halogens is 1. The summed E-state index contributed by atoms with van der Waals surface area (Å²) in [5, 5.41) is 3.58. The molecule has 0 saturated carbocycles. The van der Waals surface area contributed by atoms with Crippen molar-refractivity contribution in [3.05, 3.63) is 30.1 Å². The van der Waals surface area contributed by atoms with Crippen molar-refractivity contribution in [2.45, 2.75) is 12.8 Å². The van der Waals surface area contributed by atoms with Crippen LogP contribution in [0.25, 0.3) is 0 Å². The number of primary amides is 1. The van der Waals surface area contributed by atoms with E-state index in [-0.39, 0.29) is 17.6 Å². The molecular formula is C13H16FN3OS. The molecule has 19 heavy (non-hydrogen) atoms. The summed E-state index contributed by atoms with van der Waals surface area (Å²) in [4.78, 5) is 13.1. The van der Waals surface area contributed by atoms with Gasteiger partial charge in [0, 0.05) is 18.8 Å². The van der Waals surface area contributed by atoms with E-state index in [1.54, 1.807) is 12.1 Å². The number of nitrogens with two attached hydrogens (primary N) is 1. The predicted molar refractivity (Wildman–Crippen MR) is 76.1 cm³/mol. The van der Waals surface area contributed by atoms with Gasteiger partial charge < -0.3 is 16.0 Å². The maximum atomic E-state index is 12.8. The second-order valence-electron chi connectivity index (χ2n) is 4.62. The molecule has 6 heteroatoms. The highest BCUT2D eigenvalue weighted by molar-refractivity contribution is 7.80. The lowest BCUT2D eigenvalue weighted by Crippen LogP contribution is -2.45. The second-order valence-corrected chi connectivity index (χ2v) is 5.01. The number of likely N-dealkylation sites (tertiary alicyclic amines) is 1. The molecule has 0 aliphatic carbocycles. The van der Waals surface area contributed by atoms with E-state index in [0.717, 1.165) is 25.1 Å². The highest BCUT2D eigenvalue weighted by Gasteiger charge is 2.25. The first-order valence-corrected chi connectivity index (χ1v) is 6.58. The van der Waals surface area contributed by atoms with E-state index in [1.807, 2.05) is 4.90 Å². The third kappa shape index (κ3) is 3.64. The molecule has 1 saturated heterocycles. The fourth-order valence-electron chi connectivity index (χ4n) is 2.13. The van der Waals surface area contributed by atoms with Crippen LogP contribution in [0.4, 0.5) is 10.1 Å². The van der Waals surface area contributed by atoms with Crippen molar-refractivity contribution in [1.29, 1.82) is 0 Å². The van der Waals surface area contributed by atoms with Gasteiger partial charge in [-0.05, 0) is 49.3 Å². The van der Waals surface area contributed by atoms with Gasteiger partial charge >= 0.3 is 0 Å². The van der Waals surface area contributed by atoms with Gasteiger partial charge in [-0.2, -0.15) is 0 Å². The van der Waals surface area contributed by atoms with E-state index in [1.165, 1.54) is 12.1 Å². The number of benzene rings is 1. The molecular weight excluding hydrogens is 265 g/mol. The molecule has 1 fully saturated rings. The third-order valence-corrected chi connectivity index (χ3v) is 3.57. The Bertz CT molecular complexity index is 477. The summed E-state index contributed by atoms with van der Waals surface area (Å²) < 4.78 is 12.8. The highest BCUT2D eigenvalue weighted by Crippen LogP contribution is 2.17. The van der Waals surface area contributed by atoms with Crippen molar-refractivity contribution in [1.82, 2.24) is 4.90 Å². The average Bonchev–Trinajstić information content (AvgIpc) is 2.41. The molecule has 1 atom stereocenters. The van der Waals surface area contributed by atoms with E-state index >= 15 is 0 Å². The van der Waals surface area contributed by atoms with Crippen LogP contribution in [0.1, 0.15) is 12.8 Å². The lowest BCUT2D eigenvalue weighted by molar-refractivity contribution is -0.122. The topological polar surface area (TPSA) is 58.4 Å². The molecule has 1 aromatic rings. The van der Waals surface area contributed by atoms with Crippen LogP contribution in [-0.2, 0) is 4.79 Å². The monoisotopic (exact) mass is 281 g/mol. The molecule has 0 spiro atoms. The molecule has 0 aromatic heterocycles. The van der Waals surface area contributed by atoms with E-state index in [9.17, 15) is 9.18 Å². The number of carbonyl (C=O) groups is 1. The Morgan fingerprint density at radius 2 is 2.11 bits per heavy atom. The van der Waals surface area contributed by atoms with Crippen molar-refractivity contribution in [3.63, 3.8) is 0 Å². The SMILES string of the molecule is NC(=O)[C@@H]1CCCN(C(=S)Nc2ccc(F)cc2)C1. The first kappa shape index (κ1) is 13.7. The number of piperidine rings is 1. The summed E-state index contributed by atoms with van der Waals surface area (Å²) in [7, 11) is 0. The molecule has 1 aliphatic rings. The van der Waals surface area contributed by atoms with Gasteiger partial charge in [0.1, 0.15) is 5.82 Å². The number of thiocarbonyl (C=S) groups is 1. The molecule has 1 aliphatic heterocycles. The van der Waals surface area contributed by atoms with Crippen molar-refractivity contribution in [2.24, 2.45) is 11.7 Å². The summed E-state index contributed by atoms with van der Waals surface area (Å²) in [6, 6.07) is 5.98. The van der Waals surface area contributed by atoms with Crippen LogP contribution in [0, 0.1) is 11.7 Å². The molecule has 1 aromatic carbocycles. The van der Waals surface area contributed by atoms with Crippen molar-refractivity contribution in [2.75, 3.05) is 18.4 Å². The number of hydrogen-bond acceptors (Lipinski definition) is 2. The number of carbonyl (C=O) groups excluding carboxylic acids is 1. The van der Waals surface area contributed by atoms with E-state index < -0.39 is 0 Å². The van der Waals surface area contributed by atoms with Gasteiger partial charge in [0.15, 0.2) is 5.11 Å². The van der Waals surface area contributed by atoms with Crippen LogP contribution >= 0.6 is 12.2 Å². The van der Waals surface area contributed by atoms with Crippen LogP contribution in [-0.4, -0.2) is 29.0 Å². The number of rotatable bonds is 2. The molecule has 2 rings (SSSR count). The maximum Gasteiger partial charge on any atom is 0.222 e. The largest absolute Gasteiger partial charge is 0.369 e. The Kier molecular flexibility index (Phi) is 4.31. The summed E-state index contributed by atoms with van der Waals surface area (Å²) in [5.74, 6) is -0.723. The third-order valence-electron chi connectivity index (χ3n) is 3.21. The quantitative estimate of drug-likeness (QED) is 0.810. The van der Waals surface area contributed by atoms with Crippen LogP contribution in [0.3, 0.4) is 0 Å². The molecule has 0 unspecified atom stereocenters. The minimum Gasteiger partial charge on any atom is -0.369 e. The lowest BCUT2D eigenvalue weighted by Gasteiger charge is -2.33. The van der Waals surface area contributed by atoms with Gasteiger partial charge in [0.2, 0.25) is 5.91 Å². The van der Waals surface area contributed by atoms with Gasteiger partial charge in [0.25, 0.3) is 0 Å². The van der Waals surface area contributed by atoms with Gasteiger partial charge in [-0.1, -0.05) is 0 Å². The molecule has 0 radical (unpaired) electrons. The summed E-state index contributed by atoms with van der Waals surface area (Å²) in [6.07, 6.45) is 1.70. The predicted octanol–water partition coefficient (Wildman–Crippen LogP) is 1.72. The van der Waals surface area contributed by atoms with E-state index in [4.69, 9.17) is 18.0 Å². The van der Waals surface area contributed by atoms with Crippen LogP contribution in [0.15, 0.2) is 24.3 Å². The second kappa shape index (κ2) is 5.97. The number of nitrogens with one attached hydrogen (secondary N) is 1. The van der Waals surface area contributed by atoms with Crippen molar-refractivity contribution < 1.29 is 9.18 Å². The zero-order valence-corrected chi connectivity index (χ0v) is 11.3. The Balaban J connectivity index is 1.96. The first-order valence-electron chi connectivity index (χ1n) is 6.17. The van der Waals surface area contributed by atoms with E-state index in [0.29, 0.717) is 11.7 Å². The molecule has 1 amide bonds. The maximum absolute atomic E-state index is 12.8. The summed E-state index contributed by atoms with van der Waals surface area (Å²) in [5.41, 5.74) is 6.06. The van der Waals surface area contributed by atoms with Crippen molar-refractivity contribution in [3.8, 4) is 0 Å². The molecule has 102 valence electrons. The van der Waals surface area contributed by atoms with Crippen LogP contribution in [0.2, 0.25) is 0 Å². The van der Waals surface area contributed by atoms with Gasteiger partial charge in [0.05, 0.1) is 5.92 Å². The summed E-state index contributed by atoms with van der Waals surface area (Å²) in [6.45, 7) is 1.35. The standard InChI is InChI=1S/C13H16FN3OS/c14-10-3-5-11(6-4-10)16-13(19)17-7-1-2-9(8-17)12(15)18/h3-6,9H,1-2,7-8H2,(H2,15,18)(H,16,19)/t9-/m1/s1. The van der Waals surface area contributed by atoms with Crippen molar-refractivity contribution >= 4 is 28.9 Å². The normalized spacial score (nSPS) is 19.0. The molecule has 4 nitrogen and oxygen atoms in total. The van der Waals surface area contributed by atoms with Crippen LogP contribution in [0.5, 0.6) is 0 Å². The Labute approximate surface area is 116 Å². The van der Waals surface area contributed by atoms with Gasteiger partial charge in [-0.25, -0.2) is 4.39 Å².